The summed E-state index contributed by atoms with van der Waals surface area (Å²) in [5, 5.41) is 12.1. The first kappa shape index (κ1) is 19.4. The predicted molar refractivity (Wildman–Crippen MR) is 96.6 cm³/mol. The number of nitrogens with one attached hydrogen (secondary N) is 2. The molecule has 136 valence electrons. The zero-order chi connectivity index (χ0) is 18.4. The second-order valence-electron chi connectivity index (χ2n) is 6.09. The van der Waals surface area contributed by atoms with Crippen molar-refractivity contribution >= 4 is 17.7 Å². The number of halogens is 1. The van der Waals surface area contributed by atoms with Crippen LogP contribution in [0.5, 0.6) is 0 Å². The Labute approximate surface area is 151 Å². The van der Waals surface area contributed by atoms with E-state index in [4.69, 9.17) is 0 Å². The standard InChI is InChI=1S/C17H24FN5OS/c1-5-10-19-15(24)11-25-17-21-20-16(12(2)22(3)4)23(17)14-8-6-13(18)7-9-14/h6-9,12H,5,10-11H2,1-4H3,(H,19,24)/p+1/t12-/m0/s1. The number of hydrogen-bond donors (Lipinski definition) is 2. The zero-order valence-corrected chi connectivity index (χ0v) is 15.9. The smallest absolute Gasteiger partial charge is 0.230 e. The molecule has 1 aromatic heterocycles. The van der Waals surface area contributed by atoms with Crippen LogP contribution in [0, 0.1) is 5.82 Å². The molecule has 0 unspecified atom stereocenters. The SMILES string of the molecule is CCCNC(=O)CSc1nnc([C@H](C)[NH+](C)C)n1-c1ccc(F)cc1. The summed E-state index contributed by atoms with van der Waals surface area (Å²) in [6.45, 7) is 4.73. The van der Waals surface area contributed by atoms with Crippen molar-refractivity contribution in [3.8, 4) is 5.69 Å². The van der Waals surface area contributed by atoms with E-state index in [1.54, 1.807) is 12.1 Å². The van der Waals surface area contributed by atoms with Gasteiger partial charge in [-0.3, -0.25) is 9.36 Å². The highest BCUT2D eigenvalue weighted by molar-refractivity contribution is 7.99. The number of nitrogens with zero attached hydrogens (tertiary/aromatic N) is 3. The summed E-state index contributed by atoms with van der Waals surface area (Å²) in [5.41, 5.74) is 0.783. The predicted octanol–water partition coefficient (Wildman–Crippen LogP) is 1.23. The molecule has 0 fully saturated rings. The molecule has 0 bridgehead atoms. The highest BCUT2D eigenvalue weighted by atomic mass is 32.2. The van der Waals surface area contributed by atoms with E-state index in [2.05, 4.69) is 22.4 Å². The van der Waals surface area contributed by atoms with Gasteiger partial charge in [0, 0.05) is 12.2 Å². The Kier molecular flexibility index (Phi) is 6.95. The Morgan fingerprint density at radius 3 is 2.60 bits per heavy atom. The molecular weight excluding hydrogens is 341 g/mol. The minimum atomic E-state index is -0.294. The molecule has 0 saturated heterocycles. The molecule has 8 heteroatoms. The maximum absolute atomic E-state index is 13.3. The molecule has 1 heterocycles. The second-order valence-corrected chi connectivity index (χ2v) is 7.03. The molecule has 25 heavy (non-hydrogen) atoms. The Hall–Kier alpha value is -1.93. The third-order valence-corrected chi connectivity index (χ3v) is 4.83. The number of rotatable bonds is 8. The number of amides is 1. The van der Waals surface area contributed by atoms with Gasteiger partial charge in [0.1, 0.15) is 11.9 Å². The molecule has 0 spiro atoms. The zero-order valence-electron chi connectivity index (χ0n) is 15.0. The molecular formula is C17H25FN5OS+. The minimum Gasteiger partial charge on any atom is -0.355 e. The molecule has 1 amide bonds. The monoisotopic (exact) mass is 366 g/mol. The fourth-order valence-electron chi connectivity index (χ4n) is 2.19. The van der Waals surface area contributed by atoms with Crippen molar-refractivity contribution in [2.45, 2.75) is 31.5 Å². The first-order valence-corrected chi connectivity index (χ1v) is 9.33. The van der Waals surface area contributed by atoms with Crippen LogP contribution < -0.4 is 10.2 Å². The van der Waals surface area contributed by atoms with Crippen molar-refractivity contribution in [2.75, 3.05) is 26.4 Å². The lowest BCUT2D eigenvalue weighted by molar-refractivity contribution is -0.890. The van der Waals surface area contributed by atoms with Gasteiger partial charge in [-0.1, -0.05) is 18.7 Å². The number of quaternary nitrogens is 1. The van der Waals surface area contributed by atoms with Crippen molar-refractivity contribution in [3.05, 3.63) is 35.9 Å². The number of hydrogen-bond acceptors (Lipinski definition) is 4. The highest BCUT2D eigenvalue weighted by Crippen LogP contribution is 2.24. The Morgan fingerprint density at radius 2 is 2.00 bits per heavy atom. The van der Waals surface area contributed by atoms with Gasteiger partial charge in [0.05, 0.1) is 19.8 Å². The van der Waals surface area contributed by atoms with Gasteiger partial charge >= 0.3 is 0 Å². The quantitative estimate of drug-likeness (QED) is 0.690. The average molecular weight is 366 g/mol. The minimum absolute atomic E-state index is 0.0339. The maximum Gasteiger partial charge on any atom is 0.230 e. The normalized spacial score (nSPS) is 12.4. The van der Waals surface area contributed by atoms with Crippen LogP contribution in [0.3, 0.4) is 0 Å². The number of thioether (sulfide) groups is 1. The molecule has 0 saturated carbocycles. The molecule has 0 radical (unpaired) electrons. The molecule has 1 aromatic carbocycles. The van der Waals surface area contributed by atoms with Gasteiger partial charge in [-0.05, 0) is 37.6 Å². The summed E-state index contributed by atoms with van der Waals surface area (Å²) in [4.78, 5) is 13.1. The Balaban J connectivity index is 2.30. The number of benzene rings is 1. The summed E-state index contributed by atoms with van der Waals surface area (Å²) in [6.07, 6.45) is 0.898. The van der Waals surface area contributed by atoms with E-state index >= 15 is 0 Å². The van der Waals surface area contributed by atoms with Gasteiger partial charge in [0.2, 0.25) is 5.91 Å². The van der Waals surface area contributed by atoms with Crippen LogP contribution in [0.4, 0.5) is 4.39 Å². The fourth-order valence-corrected chi connectivity index (χ4v) is 2.98. The van der Waals surface area contributed by atoms with Crippen molar-refractivity contribution < 1.29 is 14.1 Å². The van der Waals surface area contributed by atoms with Crippen LogP contribution in [-0.2, 0) is 4.79 Å². The van der Waals surface area contributed by atoms with Gasteiger partial charge in [-0.2, -0.15) is 0 Å². The van der Waals surface area contributed by atoms with E-state index in [1.165, 1.54) is 28.8 Å². The van der Waals surface area contributed by atoms with Gasteiger partial charge in [-0.25, -0.2) is 4.39 Å². The number of carbonyl (C=O) groups excluding carboxylic acids is 1. The largest absolute Gasteiger partial charge is 0.355 e. The van der Waals surface area contributed by atoms with Gasteiger partial charge in [0.25, 0.3) is 0 Å². The lowest BCUT2D eigenvalue weighted by Crippen LogP contribution is -3.05. The van der Waals surface area contributed by atoms with E-state index in [-0.39, 0.29) is 23.5 Å². The highest BCUT2D eigenvalue weighted by Gasteiger charge is 2.23. The van der Waals surface area contributed by atoms with Crippen LogP contribution >= 0.6 is 11.8 Å². The first-order valence-electron chi connectivity index (χ1n) is 8.34. The fraction of sp³-hybridized carbons (Fsp3) is 0.471. The van der Waals surface area contributed by atoms with Crippen LogP contribution in [-0.4, -0.2) is 47.1 Å². The van der Waals surface area contributed by atoms with Gasteiger partial charge < -0.3 is 10.2 Å². The van der Waals surface area contributed by atoms with Crippen LogP contribution in [0.25, 0.3) is 5.69 Å². The van der Waals surface area contributed by atoms with Crippen LogP contribution in [0.2, 0.25) is 0 Å². The van der Waals surface area contributed by atoms with E-state index < -0.39 is 0 Å². The van der Waals surface area contributed by atoms with Crippen molar-refractivity contribution in [3.63, 3.8) is 0 Å². The second kappa shape index (κ2) is 8.96. The van der Waals surface area contributed by atoms with Crippen molar-refractivity contribution in [1.29, 1.82) is 0 Å². The molecule has 2 N–H and O–H groups in total. The van der Waals surface area contributed by atoms with E-state index in [1.807, 2.05) is 25.6 Å². The van der Waals surface area contributed by atoms with Crippen molar-refractivity contribution in [2.24, 2.45) is 0 Å². The van der Waals surface area contributed by atoms with E-state index in [0.717, 1.165) is 17.9 Å². The molecule has 1 atom stereocenters. The molecule has 2 rings (SSSR count). The topological polar surface area (TPSA) is 64.2 Å². The lowest BCUT2D eigenvalue weighted by Gasteiger charge is -2.18. The molecule has 6 nitrogen and oxygen atoms in total. The first-order chi connectivity index (χ1) is 11.9. The van der Waals surface area contributed by atoms with E-state index in [9.17, 15) is 9.18 Å². The summed E-state index contributed by atoms with van der Waals surface area (Å²) >= 11 is 1.33. The Bertz CT molecular complexity index is 702. The van der Waals surface area contributed by atoms with Crippen LogP contribution in [0.15, 0.2) is 29.4 Å². The van der Waals surface area contributed by atoms with Crippen molar-refractivity contribution in [1.82, 2.24) is 20.1 Å². The number of carbonyl (C=O) groups is 1. The lowest BCUT2D eigenvalue weighted by atomic mass is 10.2. The average Bonchev–Trinajstić information content (AvgIpc) is 3.01. The summed E-state index contributed by atoms with van der Waals surface area (Å²) in [7, 11) is 4.08. The van der Waals surface area contributed by atoms with Gasteiger partial charge in [0.15, 0.2) is 11.0 Å². The molecule has 0 aliphatic carbocycles. The summed E-state index contributed by atoms with van der Waals surface area (Å²) in [6, 6.07) is 6.31. The molecule has 0 aliphatic heterocycles. The molecule has 2 aromatic rings. The third kappa shape index (κ3) is 5.02. The maximum atomic E-state index is 13.3. The van der Waals surface area contributed by atoms with Gasteiger partial charge in [-0.15, -0.1) is 10.2 Å². The third-order valence-electron chi connectivity index (χ3n) is 3.90. The summed E-state index contributed by atoms with van der Waals surface area (Å²) < 4.78 is 15.2. The van der Waals surface area contributed by atoms with Crippen LogP contribution in [0.1, 0.15) is 32.1 Å². The summed E-state index contributed by atoms with van der Waals surface area (Å²) in [5.74, 6) is 0.719. The number of aromatic nitrogens is 3. The van der Waals surface area contributed by atoms with E-state index in [0.29, 0.717) is 11.7 Å². The Morgan fingerprint density at radius 1 is 1.32 bits per heavy atom. The molecule has 0 aliphatic rings.